The Hall–Kier alpha value is -3.13. The summed E-state index contributed by atoms with van der Waals surface area (Å²) in [6.07, 6.45) is 0. The lowest BCUT2D eigenvalue weighted by molar-refractivity contribution is -0.385. The van der Waals surface area contributed by atoms with Crippen LogP contribution in [0.4, 0.5) is 11.4 Å². The first-order valence-electron chi connectivity index (χ1n) is 6.96. The van der Waals surface area contributed by atoms with Crippen molar-refractivity contribution in [1.82, 2.24) is 0 Å². The van der Waals surface area contributed by atoms with E-state index in [0.29, 0.717) is 10.7 Å². The Morgan fingerprint density at radius 3 is 2.60 bits per heavy atom. The monoisotopic (exact) mass is 364 g/mol. The molecule has 1 N–H and O–H groups in total. The van der Waals surface area contributed by atoms with Gasteiger partial charge in [0.1, 0.15) is 0 Å². The molecule has 9 heteroatoms. The Bertz CT molecular complexity index is 824. The summed E-state index contributed by atoms with van der Waals surface area (Å²) in [4.78, 5) is 34.0. The summed E-state index contributed by atoms with van der Waals surface area (Å²) < 4.78 is 9.70. The lowest BCUT2D eigenvalue weighted by Crippen LogP contribution is -2.21. The van der Waals surface area contributed by atoms with Crippen LogP contribution in [0.3, 0.4) is 0 Å². The van der Waals surface area contributed by atoms with Crippen molar-refractivity contribution in [2.75, 3.05) is 19.0 Å². The van der Waals surface area contributed by atoms with Gasteiger partial charge in [-0.2, -0.15) is 0 Å². The molecule has 0 heterocycles. The molecule has 0 saturated heterocycles. The van der Waals surface area contributed by atoms with E-state index in [4.69, 9.17) is 21.1 Å². The normalized spacial score (nSPS) is 10.0. The van der Waals surface area contributed by atoms with Crippen molar-refractivity contribution in [3.05, 3.63) is 63.2 Å². The van der Waals surface area contributed by atoms with Gasteiger partial charge in [0.05, 0.1) is 28.3 Å². The van der Waals surface area contributed by atoms with Crippen LogP contribution in [0.1, 0.15) is 10.4 Å². The minimum atomic E-state index is -0.875. The van der Waals surface area contributed by atoms with Gasteiger partial charge in [-0.25, -0.2) is 4.79 Å². The fraction of sp³-hybridized carbons (Fsp3) is 0.125. The van der Waals surface area contributed by atoms with Crippen LogP contribution in [0.15, 0.2) is 42.5 Å². The second kappa shape index (κ2) is 8.11. The Labute approximate surface area is 147 Å². The van der Waals surface area contributed by atoms with Gasteiger partial charge in [0.2, 0.25) is 0 Å². The van der Waals surface area contributed by atoms with Gasteiger partial charge in [-0.1, -0.05) is 23.7 Å². The number of amides is 1. The van der Waals surface area contributed by atoms with Crippen molar-refractivity contribution in [3.8, 4) is 5.75 Å². The van der Waals surface area contributed by atoms with E-state index < -0.39 is 23.4 Å². The van der Waals surface area contributed by atoms with E-state index >= 15 is 0 Å². The second-order valence-electron chi connectivity index (χ2n) is 4.75. The number of nitro benzene ring substituents is 1. The van der Waals surface area contributed by atoms with E-state index in [1.807, 2.05) is 0 Å². The molecule has 0 aliphatic carbocycles. The number of para-hydroxylation sites is 1. The molecule has 0 unspecified atom stereocenters. The quantitative estimate of drug-likeness (QED) is 0.479. The van der Waals surface area contributed by atoms with E-state index in [0.717, 1.165) is 6.07 Å². The van der Waals surface area contributed by atoms with Crippen molar-refractivity contribution in [2.24, 2.45) is 0 Å². The summed E-state index contributed by atoms with van der Waals surface area (Å²) in [5.41, 5.74) is -0.0687. The minimum absolute atomic E-state index is 0.0120. The molecular formula is C16H13ClN2O6. The summed E-state index contributed by atoms with van der Waals surface area (Å²) in [5.74, 6) is -1.46. The van der Waals surface area contributed by atoms with Crippen molar-refractivity contribution in [1.29, 1.82) is 0 Å². The zero-order valence-corrected chi connectivity index (χ0v) is 13.8. The molecule has 0 fully saturated rings. The molecule has 25 heavy (non-hydrogen) atoms. The molecule has 2 aromatic carbocycles. The third-order valence-corrected chi connectivity index (χ3v) is 3.42. The predicted molar refractivity (Wildman–Crippen MR) is 90.0 cm³/mol. The standard InChI is InChI=1S/C16H13ClN2O6/c1-24-14-7-6-10(8-13(14)19(22)23)16(21)25-9-15(20)18-12-5-3-2-4-11(12)17/h2-8H,9H2,1H3,(H,18,20). The number of rotatable bonds is 6. The molecule has 0 bridgehead atoms. The van der Waals surface area contributed by atoms with Gasteiger partial charge in [0.15, 0.2) is 12.4 Å². The third-order valence-electron chi connectivity index (χ3n) is 3.09. The molecule has 130 valence electrons. The van der Waals surface area contributed by atoms with Crippen LogP contribution in [0.25, 0.3) is 0 Å². The lowest BCUT2D eigenvalue weighted by Gasteiger charge is -2.08. The molecule has 1 amide bonds. The van der Waals surface area contributed by atoms with Crippen molar-refractivity contribution in [3.63, 3.8) is 0 Å². The maximum atomic E-state index is 12.0. The van der Waals surface area contributed by atoms with Gasteiger partial charge in [0.25, 0.3) is 5.91 Å². The average molecular weight is 365 g/mol. The Morgan fingerprint density at radius 1 is 1.24 bits per heavy atom. The summed E-state index contributed by atoms with van der Waals surface area (Å²) >= 11 is 5.90. The first-order valence-corrected chi connectivity index (χ1v) is 7.34. The molecule has 0 aliphatic heterocycles. The first-order chi connectivity index (χ1) is 11.9. The highest BCUT2D eigenvalue weighted by atomic mass is 35.5. The Morgan fingerprint density at radius 2 is 1.96 bits per heavy atom. The number of nitro groups is 1. The van der Waals surface area contributed by atoms with E-state index in [-0.39, 0.29) is 17.0 Å². The molecule has 2 rings (SSSR count). The van der Waals surface area contributed by atoms with Crippen molar-refractivity contribution < 1.29 is 24.0 Å². The zero-order valence-electron chi connectivity index (χ0n) is 13.0. The van der Waals surface area contributed by atoms with Gasteiger partial charge in [0, 0.05) is 6.07 Å². The van der Waals surface area contributed by atoms with Crippen LogP contribution >= 0.6 is 11.6 Å². The number of benzene rings is 2. The minimum Gasteiger partial charge on any atom is -0.490 e. The summed E-state index contributed by atoms with van der Waals surface area (Å²) in [5, 5.41) is 13.8. The van der Waals surface area contributed by atoms with Gasteiger partial charge in [-0.3, -0.25) is 14.9 Å². The molecular weight excluding hydrogens is 352 g/mol. The molecule has 0 aromatic heterocycles. The summed E-state index contributed by atoms with van der Waals surface area (Å²) in [7, 11) is 1.28. The van der Waals surface area contributed by atoms with E-state index in [1.165, 1.54) is 19.2 Å². The van der Waals surface area contributed by atoms with Crippen molar-refractivity contribution >= 4 is 34.9 Å². The number of halogens is 1. The number of methoxy groups -OCH3 is 1. The number of carbonyl (C=O) groups is 2. The summed E-state index contributed by atoms with van der Waals surface area (Å²) in [6.45, 7) is -0.566. The number of nitrogens with zero attached hydrogens (tertiary/aromatic N) is 1. The van der Waals surface area contributed by atoms with Gasteiger partial charge < -0.3 is 14.8 Å². The van der Waals surface area contributed by atoms with Crippen LogP contribution < -0.4 is 10.1 Å². The molecule has 0 aliphatic rings. The smallest absolute Gasteiger partial charge is 0.338 e. The fourth-order valence-electron chi connectivity index (χ4n) is 1.92. The first kappa shape index (κ1) is 18.2. The summed E-state index contributed by atoms with van der Waals surface area (Å²) in [6, 6.07) is 10.2. The molecule has 2 aromatic rings. The Balaban J connectivity index is 2.00. The fourth-order valence-corrected chi connectivity index (χ4v) is 2.11. The molecule has 0 spiro atoms. The Kier molecular flexibility index (Phi) is 5.91. The number of anilines is 1. The highest BCUT2D eigenvalue weighted by Crippen LogP contribution is 2.27. The maximum absolute atomic E-state index is 12.0. The SMILES string of the molecule is COc1ccc(C(=O)OCC(=O)Nc2ccccc2Cl)cc1[N+](=O)[O-]. The van der Waals surface area contributed by atoms with Gasteiger partial charge in [-0.15, -0.1) is 0 Å². The second-order valence-corrected chi connectivity index (χ2v) is 5.16. The lowest BCUT2D eigenvalue weighted by atomic mass is 10.2. The van der Waals surface area contributed by atoms with Gasteiger partial charge >= 0.3 is 11.7 Å². The predicted octanol–water partition coefficient (Wildman–Crippen LogP) is 3.05. The highest BCUT2D eigenvalue weighted by molar-refractivity contribution is 6.33. The van der Waals surface area contributed by atoms with E-state index in [1.54, 1.807) is 24.3 Å². The van der Waals surface area contributed by atoms with Crippen LogP contribution in [0.5, 0.6) is 5.75 Å². The van der Waals surface area contributed by atoms with Crippen LogP contribution in [0.2, 0.25) is 5.02 Å². The topological polar surface area (TPSA) is 108 Å². The highest BCUT2D eigenvalue weighted by Gasteiger charge is 2.19. The third kappa shape index (κ3) is 4.67. The number of carbonyl (C=O) groups excluding carboxylic acids is 2. The van der Waals surface area contributed by atoms with Gasteiger partial charge in [-0.05, 0) is 24.3 Å². The van der Waals surface area contributed by atoms with E-state index in [2.05, 4.69) is 5.32 Å². The van der Waals surface area contributed by atoms with Crippen LogP contribution in [-0.2, 0) is 9.53 Å². The maximum Gasteiger partial charge on any atom is 0.338 e. The number of hydrogen-bond donors (Lipinski definition) is 1. The zero-order chi connectivity index (χ0) is 18.4. The molecule has 0 atom stereocenters. The molecule has 0 saturated carbocycles. The number of nitrogens with one attached hydrogen (secondary N) is 1. The van der Waals surface area contributed by atoms with Crippen LogP contribution in [0, 0.1) is 10.1 Å². The van der Waals surface area contributed by atoms with Crippen molar-refractivity contribution in [2.45, 2.75) is 0 Å². The number of ether oxygens (including phenoxy) is 2. The number of hydrogen-bond acceptors (Lipinski definition) is 6. The average Bonchev–Trinajstić information content (AvgIpc) is 2.61. The van der Waals surface area contributed by atoms with E-state index in [9.17, 15) is 19.7 Å². The number of esters is 1. The molecule has 8 nitrogen and oxygen atoms in total. The van der Waals surface area contributed by atoms with Crippen LogP contribution in [-0.4, -0.2) is 30.5 Å². The molecule has 0 radical (unpaired) electrons. The largest absolute Gasteiger partial charge is 0.490 e.